The van der Waals surface area contributed by atoms with Gasteiger partial charge in [-0.3, -0.25) is 4.79 Å². The molecule has 0 saturated carbocycles. The highest BCUT2D eigenvalue weighted by Crippen LogP contribution is 2.26. The van der Waals surface area contributed by atoms with Crippen LogP contribution in [-0.2, 0) is 0 Å². The normalized spacial score (nSPS) is 10.8. The van der Waals surface area contributed by atoms with Crippen LogP contribution in [-0.4, -0.2) is 5.78 Å². The van der Waals surface area contributed by atoms with Crippen LogP contribution in [0.25, 0.3) is 10.8 Å². The summed E-state index contributed by atoms with van der Waals surface area (Å²) in [5, 5.41) is 1.65. The van der Waals surface area contributed by atoms with Gasteiger partial charge in [-0.2, -0.15) is 0 Å². The predicted octanol–water partition coefficient (Wildman–Crippen LogP) is 3.93. The molecule has 3 aromatic carbocycles. The van der Waals surface area contributed by atoms with Gasteiger partial charge in [0.1, 0.15) is 11.6 Å². The molecule has 104 valence electrons. The highest BCUT2D eigenvalue weighted by atomic mass is 19.1. The number of hydrogen-bond donors (Lipinski definition) is 1. The Labute approximate surface area is 119 Å². The van der Waals surface area contributed by atoms with Crippen LogP contribution < -0.4 is 5.73 Å². The molecule has 0 aliphatic heterocycles. The molecule has 0 aromatic heterocycles. The lowest BCUT2D eigenvalue weighted by Gasteiger charge is -2.09. The van der Waals surface area contributed by atoms with E-state index in [4.69, 9.17) is 5.73 Å². The van der Waals surface area contributed by atoms with Gasteiger partial charge < -0.3 is 5.73 Å². The SMILES string of the molecule is Nc1cc2ccccc2cc1C(=O)c1c(F)cccc1F. The Morgan fingerprint density at radius 1 is 0.857 bits per heavy atom. The number of anilines is 1. The van der Waals surface area contributed by atoms with E-state index in [1.165, 1.54) is 6.07 Å². The van der Waals surface area contributed by atoms with Gasteiger partial charge in [0, 0.05) is 11.3 Å². The molecule has 0 radical (unpaired) electrons. The lowest BCUT2D eigenvalue weighted by molar-refractivity contribution is 0.103. The molecule has 2 nitrogen and oxygen atoms in total. The zero-order valence-corrected chi connectivity index (χ0v) is 10.9. The zero-order chi connectivity index (χ0) is 15.0. The Kier molecular flexibility index (Phi) is 3.14. The predicted molar refractivity (Wildman–Crippen MR) is 78.2 cm³/mol. The molecule has 21 heavy (non-hydrogen) atoms. The molecule has 2 N–H and O–H groups in total. The minimum Gasteiger partial charge on any atom is -0.398 e. The molecule has 0 fully saturated rings. The number of benzene rings is 3. The van der Waals surface area contributed by atoms with Crippen molar-refractivity contribution >= 4 is 22.2 Å². The minimum absolute atomic E-state index is 0.0951. The van der Waals surface area contributed by atoms with Crippen molar-refractivity contribution in [1.29, 1.82) is 0 Å². The second kappa shape index (κ2) is 4.98. The Hall–Kier alpha value is -2.75. The largest absolute Gasteiger partial charge is 0.398 e. The van der Waals surface area contributed by atoms with Gasteiger partial charge in [-0.1, -0.05) is 30.3 Å². The third kappa shape index (κ3) is 2.25. The first-order valence-electron chi connectivity index (χ1n) is 6.35. The van der Waals surface area contributed by atoms with Gasteiger partial charge in [0.2, 0.25) is 5.78 Å². The van der Waals surface area contributed by atoms with E-state index in [2.05, 4.69) is 0 Å². The van der Waals surface area contributed by atoms with Crippen molar-refractivity contribution in [3.8, 4) is 0 Å². The number of ketones is 1. The van der Waals surface area contributed by atoms with E-state index in [1.807, 2.05) is 24.3 Å². The third-order valence-electron chi connectivity index (χ3n) is 3.35. The molecule has 0 spiro atoms. The standard InChI is InChI=1S/C17H11F2NO/c18-13-6-3-7-14(19)16(13)17(21)12-8-10-4-1-2-5-11(10)9-15(12)20/h1-9H,20H2. The molecule has 4 heteroatoms. The summed E-state index contributed by atoms with van der Waals surface area (Å²) in [7, 11) is 0. The van der Waals surface area contributed by atoms with Crippen molar-refractivity contribution in [3.05, 3.63) is 77.4 Å². The second-order valence-electron chi connectivity index (χ2n) is 4.71. The maximum atomic E-state index is 13.7. The minimum atomic E-state index is -0.896. The van der Waals surface area contributed by atoms with Gasteiger partial charge in [0.05, 0.1) is 5.56 Å². The fourth-order valence-corrected chi connectivity index (χ4v) is 2.30. The molecular weight excluding hydrogens is 272 g/mol. The van der Waals surface area contributed by atoms with Crippen LogP contribution >= 0.6 is 0 Å². The number of nitrogen functional groups attached to an aromatic ring is 1. The maximum Gasteiger partial charge on any atom is 0.201 e. The van der Waals surface area contributed by atoms with Gasteiger partial charge in [0.25, 0.3) is 0 Å². The van der Waals surface area contributed by atoms with Gasteiger partial charge in [-0.25, -0.2) is 8.78 Å². The van der Waals surface area contributed by atoms with Gasteiger partial charge in [0.15, 0.2) is 0 Å². The average Bonchev–Trinajstić information content (AvgIpc) is 2.46. The van der Waals surface area contributed by atoms with Crippen molar-refractivity contribution in [2.75, 3.05) is 5.73 Å². The van der Waals surface area contributed by atoms with E-state index in [-0.39, 0.29) is 11.3 Å². The van der Waals surface area contributed by atoms with Crippen LogP contribution in [0.4, 0.5) is 14.5 Å². The summed E-state index contributed by atoms with van der Waals surface area (Å²) in [6.07, 6.45) is 0. The lowest BCUT2D eigenvalue weighted by Crippen LogP contribution is -2.10. The summed E-state index contributed by atoms with van der Waals surface area (Å²) in [6.45, 7) is 0. The first-order chi connectivity index (χ1) is 10.1. The average molecular weight is 283 g/mol. The highest BCUT2D eigenvalue weighted by molar-refractivity contribution is 6.14. The summed E-state index contributed by atoms with van der Waals surface area (Å²) >= 11 is 0. The molecule has 0 unspecified atom stereocenters. The van der Waals surface area contributed by atoms with Crippen LogP contribution in [0, 0.1) is 11.6 Å². The molecule has 0 saturated heterocycles. The molecule has 0 heterocycles. The van der Waals surface area contributed by atoms with Crippen molar-refractivity contribution < 1.29 is 13.6 Å². The summed E-state index contributed by atoms with van der Waals surface area (Å²) in [4.78, 5) is 12.4. The molecule has 0 amide bonds. The van der Waals surface area contributed by atoms with Gasteiger partial charge in [-0.15, -0.1) is 0 Å². The Morgan fingerprint density at radius 2 is 1.43 bits per heavy atom. The molecule has 0 bridgehead atoms. The molecule has 3 rings (SSSR count). The monoisotopic (exact) mass is 283 g/mol. The molecule has 0 aliphatic rings. The maximum absolute atomic E-state index is 13.7. The number of carbonyl (C=O) groups excluding carboxylic acids is 1. The number of hydrogen-bond acceptors (Lipinski definition) is 2. The smallest absolute Gasteiger partial charge is 0.201 e. The van der Waals surface area contributed by atoms with Crippen LogP contribution in [0.15, 0.2) is 54.6 Å². The quantitative estimate of drug-likeness (QED) is 0.572. The number of nitrogens with two attached hydrogens (primary N) is 1. The van der Waals surface area contributed by atoms with Crippen LogP contribution in [0.2, 0.25) is 0 Å². The van der Waals surface area contributed by atoms with Crippen molar-refractivity contribution in [2.24, 2.45) is 0 Å². The topological polar surface area (TPSA) is 43.1 Å². The number of rotatable bonds is 2. The Bertz CT molecular complexity index is 838. The van der Waals surface area contributed by atoms with E-state index in [0.29, 0.717) is 0 Å². The Morgan fingerprint density at radius 3 is 2.05 bits per heavy atom. The second-order valence-corrected chi connectivity index (χ2v) is 4.71. The van der Waals surface area contributed by atoms with E-state index in [1.54, 1.807) is 12.1 Å². The summed E-state index contributed by atoms with van der Waals surface area (Å²) in [5.74, 6) is -2.55. The summed E-state index contributed by atoms with van der Waals surface area (Å²) in [5.41, 5.74) is 5.57. The first kappa shape index (κ1) is 13.2. The number of fused-ring (bicyclic) bond motifs is 1. The molecular formula is C17H11F2NO. The van der Waals surface area contributed by atoms with Crippen LogP contribution in [0.1, 0.15) is 15.9 Å². The first-order valence-corrected chi connectivity index (χ1v) is 6.35. The lowest BCUT2D eigenvalue weighted by atomic mass is 9.97. The third-order valence-corrected chi connectivity index (χ3v) is 3.35. The van der Waals surface area contributed by atoms with Crippen LogP contribution in [0.3, 0.4) is 0 Å². The van der Waals surface area contributed by atoms with E-state index in [9.17, 15) is 13.6 Å². The number of halogens is 2. The molecule has 3 aromatic rings. The molecule has 0 atom stereocenters. The molecule has 0 aliphatic carbocycles. The summed E-state index contributed by atoms with van der Waals surface area (Å²) in [6, 6.07) is 13.8. The van der Waals surface area contributed by atoms with Crippen molar-refractivity contribution in [2.45, 2.75) is 0 Å². The van der Waals surface area contributed by atoms with Gasteiger partial charge in [-0.05, 0) is 35.0 Å². The highest BCUT2D eigenvalue weighted by Gasteiger charge is 2.21. The zero-order valence-electron chi connectivity index (χ0n) is 10.9. The van der Waals surface area contributed by atoms with Crippen LogP contribution in [0.5, 0.6) is 0 Å². The van der Waals surface area contributed by atoms with E-state index >= 15 is 0 Å². The summed E-state index contributed by atoms with van der Waals surface area (Å²) < 4.78 is 27.5. The van der Waals surface area contributed by atoms with E-state index < -0.39 is 23.0 Å². The fraction of sp³-hybridized carbons (Fsp3) is 0. The van der Waals surface area contributed by atoms with Crippen molar-refractivity contribution in [3.63, 3.8) is 0 Å². The van der Waals surface area contributed by atoms with E-state index in [0.717, 1.165) is 22.9 Å². The number of carbonyl (C=O) groups is 1. The fourth-order valence-electron chi connectivity index (χ4n) is 2.30. The Balaban J connectivity index is 2.20. The van der Waals surface area contributed by atoms with Gasteiger partial charge >= 0.3 is 0 Å². The van der Waals surface area contributed by atoms with Crippen molar-refractivity contribution in [1.82, 2.24) is 0 Å².